The molecule has 1 aromatic rings. The molecular formula is C19H33N3O2. The van der Waals surface area contributed by atoms with Crippen LogP contribution in [-0.4, -0.2) is 82.1 Å². The summed E-state index contributed by atoms with van der Waals surface area (Å²) in [5.41, 5.74) is 1.84. The number of hydrogen-bond acceptors (Lipinski definition) is 4. The van der Waals surface area contributed by atoms with Gasteiger partial charge in [-0.2, -0.15) is 0 Å². The Hall–Kier alpha value is -1.43. The molecule has 0 spiro atoms. The Morgan fingerprint density at radius 2 is 1.38 bits per heavy atom. The zero-order valence-electron chi connectivity index (χ0n) is 15.9. The normalized spacial score (nSPS) is 11.3. The first kappa shape index (κ1) is 20.6. The molecule has 1 rings (SSSR count). The van der Waals surface area contributed by atoms with Crippen molar-refractivity contribution >= 4 is 5.91 Å². The number of benzene rings is 1. The largest absolute Gasteiger partial charge is 0.380 e. The fourth-order valence-electron chi connectivity index (χ4n) is 2.56. The summed E-state index contributed by atoms with van der Waals surface area (Å²) in [5, 5.41) is 0. The third-order valence-electron chi connectivity index (χ3n) is 3.87. The van der Waals surface area contributed by atoms with Gasteiger partial charge >= 0.3 is 0 Å². The molecule has 0 heterocycles. The average molecular weight is 335 g/mol. The topological polar surface area (TPSA) is 36.0 Å². The van der Waals surface area contributed by atoms with Crippen molar-refractivity contribution in [1.29, 1.82) is 0 Å². The minimum Gasteiger partial charge on any atom is -0.380 e. The van der Waals surface area contributed by atoms with Gasteiger partial charge in [-0.15, -0.1) is 0 Å². The molecule has 0 aromatic heterocycles. The van der Waals surface area contributed by atoms with Crippen LogP contribution in [0.4, 0.5) is 0 Å². The second kappa shape index (κ2) is 11.2. The van der Waals surface area contributed by atoms with E-state index in [4.69, 9.17) is 4.74 Å². The molecule has 0 fully saturated rings. The minimum absolute atomic E-state index is 0.122. The molecular weight excluding hydrogens is 302 g/mol. The molecule has 0 aliphatic heterocycles. The molecule has 5 heteroatoms. The standard InChI is InChI=1S/C19H33N3O2/c1-20(2)12-6-14-22(15-7-13-21(3)4)19(23)18-10-8-17(9-11-18)16-24-5/h8-11H,6-7,12-16H2,1-5H3. The molecule has 136 valence electrons. The lowest BCUT2D eigenvalue weighted by atomic mass is 10.1. The molecule has 0 N–H and O–H groups in total. The van der Waals surface area contributed by atoms with Crippen molar-refractivity contribution in [2.24, 2.45) is 0 Å². The Labute approximate surface area is 147 Å². The molecule has 0 aliphatic carbocycles. The van der Waals surface area contributed by atoms with Crippen LogP contribution < -0.4 is 0 Å². The number of ether oxygens (including phenoxy) is 1. The van der Waals surface area contributed by atoms with Crippen molar-refractivity contribution in [2.75, 3.05) is 61.5 Å². The minimum atomic E-state index is 0.122. The van der Waals surface area contributed by atoms with E-state index >= 15 is 0 Å². The van der Waals surface area contributed by atoms with E-state index in [2.05, 4.69) is 38.0 Å². The lowest BCUT2D eigenvalue weighted by molar-refractivity contribution is 0.0744. The number of methoxy groups -OCH3 is 1. The lowest BCUT2D eigenvalue weighted by Crippen LogP contribution is -2.35. The average Bonchev–Trinajstić information content (AvgIpc) is 2.53. The predicted molar refractivity (Wildman–Crippen MR) is 99.4 cm³/mol. The van der Waals surface area contributed by atoms with Crippen molar-refractivity contribution in [3.8, 4) is 0 Å². The highest BCUT2D eigenvalue weighted by Gasteiger charge is 2.15. The summed E-state index contributed by atoms with van der Waals surface area (Å²) in [5.74, 6) is 0.122. The zero-order valence-corrected chi connectivity index (χ0v) is 15.9. The first-order chi connectivity index (χ1) is 11.4. The van der Waals surface area contributed by atoms with Gasteiger partial charge in [0.1, 0.15) is 0 Å². The molecule has 0 bridgehead atoms. The van der Waals surface area contributed by atoms with Crippen LogP contribution in [-0.2, 0) is 11.3 Å². The van der Waals surface area contributed by atoms with Crippen LogP contribution in [0.3, 0.4) is 0 Å². The molecule has 1 amide bonds. The van der Waals surface area contributed by atoms with Crippen molar-refractivity contribution in [2.45, 2.75) is 19.4 Å². The number of carbonyl (C=O) groups excluding carboxylic acids is 1. The van der Waals surface area contributed by atoms with Crippen molar-refractivity contribution in [1.82, 2.24) is 14.7 Å². The van der Waals surface area contributed by atoms with Crippen LogP contribution >= 0.6 is 0 Å². The number of rotatable bonds is 11. The van der Waals surface area contributed by atoms with Gasteiger partial charge in [0.05, 0.1) is 6.61 Å². The van der Waals surface area contributed by atoms with Crippen molar-refractivity contribution in [3.63, 3.8) is 0 Å². The van der Waals surface area contributed by atoms with Crippen LogP contribution in [0.1, 0.15) is 28.8 Å². The lowest BCUT2D eigenvalue weighted by Gasteiger charge is -2.24. The maximum atomic E-state index is 12.8. The summed E-state index contributed by atoms with van der Waals surface area (Å²) in [6, 6.07) is 7.74. The van der Waals surface area contributed by atoms with Crippen LogP contribution in [0, 0.1) is 0 Å². The van der Waals surface area contributed by atoms with Crippen molar-refractivity contribution in [3.05, 3.63) is 35.4 Å². The van der Waals surface area contributed by atoms with Gasteiger partial charge in [-0.05, 0) is 71.8 Å². The highest BCUT2D eigenvalue weighted by Crippen LogP contribution is 2.10. The third-order valence-corrected chi connectivity index (χ3v) is 3.87. The first-order valence-electron chi connectivity index (χ1n) is 8.60. The summed E-state index contributed by atoms with van der Waals surface area (Å²) in [6.45, 7) is 4.15. The molecule has 0 unspecified atom stereocenters. The van der Waals surface area contributed by atoms with Crippen LogP contribution in [0.2, 0.25) is 0 Å². The predicted octanol–water partition coefficient (Wildman–Crippen LogP) is 2.18. The van der Waals surface area contributed by atoms with Gasteiger partial charge in [-0.25, -0.2) is 0 Å². The highest BCUT2D eigenvalue weighted by atomic mass is 16.5. The third kappa shape index (κ3) is 7.90. The fourth-order valence-corrected chi connectivity index (χ4v) is 2.56. The molecule has 24 heavy (non-hydrogen) atoms. The van der Waals surface area contributed by atoms with Gasteiger partial charge in [0, 0.05) is 25.8 Å². The highest BCUT2D eigenvalue weighted by molar-refractivity contribution is 5.94. The Morgan fingerprint density at radius 3 is 1.79 bits per heavy atom. The Balaban J connectivity index is 2.69. The SMILES string of the molecule is COCc1ccc(C(=O)N(CCCN(C)C)CCCN(C)C)cc1. The fraction of sp³-hybridized carbons (Fsp3) is 0.632. The molecule has 0 saturated carbocycles. The second-order valence-corrected chi connectivity index (χ2v) is 6.74. The second-order valence-electron chi connectivity index (χ2n) is 6.74. The summed E-state index contributed by atoms with van der Waals surface area (Å²) in [7, 11) is 9.93. The molecule has 0 atom stereocenters. The van der Waals surface area contributed by atoms with Crippen LogP contribution in [0.5, 0.6) is 0 Å². The maximum Gasteiger partial charge on any atom is 0.253 e. The Kier molecular flexibility index (Phi) is 9.60. The molecule has 0 aliphatic rings. The van der Waals surface area contributed by atoms with Gasteiger partial charge in [-0.1, -0.05) is 12.1 Å². The van der Waals surface area contributed by atoms with E-state index in [0.717, 1.165) is 50.1 Å². The first-order valence-corrected chi connectivity index (χ1v) is 8.60. The van der Waals surface area contributed by atoms with Gasteiger partial charge in [-0.3, -0.25) is 4.79 Å². The monoisotopic (exact) mass is 335 g/mol. The summed E-state index contributed by atoms with van der Waals surface area (Å²) in [6.07, 6.45) is 1.98. The van der Waals surface area contributed by atoms with E-state index in [9.17, 15) is 4.79 Å². The van der Waals surface area contributed by atoms with Gasteiger partial charge in [0.15, 0.2) is 0 Å². The molecule has 5 nitrogen and oxygen atoms in total. The number of amides is 1. The van der Waals surface area contributed by atoms with Gasteiger partial charge < -0.3 is 19.4 Å². The zero-order chi connectivity index (χ0) is 17.9. The quantitative estimate of drug-likeness (QED) is 0.621. The Bertz CT molecular complexity index is 458. The molecule has 0 radical (unpaired) electrons. The van der Waals surface area contributed by atoms with Crippen LogP contribution in [0.25, 0.3) is 0 Å². The smallest absolute Gasteiger partial charge is 0.253 e. The summed E-state index contributed by atoms with van der Waals surface area (Å²) < 4.78 is 5.12. The molecule has 0 saturated heterocycles. The Morgan fingerprint density at radius 1 is 0.875 bits per heavy atom. The van der Waals surface area contributed by atoms with E-state index in [1.165, 1.54) is 0 Å². The van der Waals surface area contributed by atoms with Crippen molar-refractivity contribution < 1.29 is 9.53 Å². The van der Waals surface area contributed by atoms with Crippen LogP contribution in [0.15, 0.2) is 24.3 Å². The number of hydrogen-bond donors (Lipinski definition) is 0. The number of nitrogens with zero attached hydrogens (tertiary/aromatic N) is 3. The van der Waals surface area contributed by atoms with Gasteiger partial charge in [0.2, 0.25) is 0 Å². The summed E-state index contributed by atoms with van der Waals surface area (Å²) >= 11 is 0. The summed E-state index contributed by atoms with van der Waals surface area (Å²) in [4.78, 5) is 19.1. The molecule has 1 aromatic carbocycles. The van der Waals surface area contributed by atoms with E-state index in [1.54, 1.807) is 7.11 Å². The van der Waals surface area contributed by atoms with E-state index in [1.807, 2.05) is 29.2 Å². The maximum absolute atomic E-state index is 12.8. The van der Waals surface area contributed by atoms with E-state index in [0.29, 0.717) is 6.61 Å². The van der Waals surface area contributed by atoms with E-state index in [-0.39, 0.29) is 5.91 Å². The number of carbonyl (C=O) groups is 1. The van der Waals surface area contributed by atoms with Gasteiger partial charge in [0.25, 0.3) is 5.91 Å². The van der Waals surface area contributed by atoms with E-state index < -0.39 is 0 Å².